The van der Waals surface area contributed by atoms with Gasteiger partial charge in [-0.15, -0.1) is 0 Å². The molecular formula is C29H33ClN4O3. The van der Waals surface area contributed by atoms with Crippen LogP contribution < -0.4 is 0 Å². The molecule has 0 N–H and O–H groups in total. The molecule has 3 aromatic rings. The third kappa shape index (κ3) is 5.01. The fraction of sp³-hybridized carbons (Fsp3) is 0.448. The van der Waals surface area contributed by atoms with Gasteiger partial charge in [0.2, 0.25) is 0 Å². The first-order valence-electron chi connectivity index (χ1n) is 13.1. The van der Waals surface area contributed by atoms with Crippen LogP contribution in [0.15, 0.2) is 36.5 Å². The zero-order valence-corrected chi connectivity index (χ0v) is 22.4. The molecule has 5 rings (SSSR count). The molecule has 1 fully saturated rings. The first-order valence-corrected chi connectivity index (χ1v) is 13.5. The molecule has 2 aromatic heterocycles. The van der Waals surface area contributed by atoms with E-state index >= 15 is 0 Å². The Morgan fingerprint density at radius 1 is 1.22 bits per heavy atom. The zero-order valence-electron chi connectivity index (χ0n) is 21.7. The van der Waals surface area contributed by atoms with Crippen molar-refractivity contribution in [2.75, 3.05) is 26.2 Å². The SMILES string of the molecule is CCCOC(=O)N1CCN(C(=O)c2ccc3c(Cl)c4c(nc3c2)CC(c2ncccc2C)CC4)C(C)C1. The van der Waals surface area contributed by atoms with E-state index in [2.05, 4.69) is 18.0 Å². The van der Waals surface area contributed by atoms with Crippen LogP contribution in [-0.2, 0) is 17.6 Å². The van der Waals surface area contributed by atoms with Crippen LogP contribution in [0.4, 0.5) is 4.79 Å². The normalized spacial score (nSPS) is 19.6. The van der Waals surface area contributed by atoms with E-state index < -0.39 is 0 Å². The van der Waals surface area contributed by atoms with Crippen LogP contribution in [0.25, 0.3) is 10.9 Å². The Morgan fingerprint density at radius 3 is 2.81 bits per heavy atom. The number of aromatic nitrogens is 2. The molecule has 2 unspecified atom stereocenters. The molecule has 7 nitrogen and oxygen atoms in total. The molecule has 1 aliphatic heterocycles. The van der Waals surface area contributed by atoms with Crippen molar-refractivity contribution < 1.29 is 14.3 Å². The predicted octanol–water partition coefficient (Wildman–Crippen LogP) is 5.56. The number of hydrogen-bond donors (Lipinski definition) is 0. The van der Waals surface area contributed by atoms with Crippen molar-refractivity contribution in [2.24, 2.45) is 0 Å². The smallest absolute Gasteiger partial charge is 0.409 e. The number of ether oxygens (including phenoxy) is 1. The molecule has 3 heterocycles. The summed E-state index contributed by atoms with van der Waals surface area (Å²) in [6.07, 6.45) is 4.96. The Labute approximate surface area is 222 Å². The number of pyridine rings is 2. The molecule has 1 aromatic carbocycles. The second-order valence-electron chi connectivity index (χ2n) is 10.1. The molecular weight excluding hydrogens is 488 g/mol. The van der Waals surface area contributed by atoms with Crippen molar-refractivity contribution >= 4 is 34.5 Å². The summed E-state index contributed by atoms with van der Waals surface area (Å²) in [6.45, 7) is 7.81. The molecule has 194 valence electrons. The van der Waals surface area contributed by atoms with Gasteiger partial charge < -0.3 is 14.5 Å². The van der Waals surface area contributed by atoms with Crippen LogP contribution >= 0.6 is 11.6 Å². The van der Waals surface area contributed by atoms with Gasteiger partial charge in [0.1, 0.15) is 0 Å². The molecule has 1 saturated heterocycles. The summed E-state index contributed by atoms with van der Waals surface area (Å²) in [7, 11) is 0. The van der Waals surface area contributed by atoms with Gasteiger partial charge in [-0.1, -0.05) is 30.7 Å². The summed E-state index contributed by atoms with van der Waals surface area (Å²) in [5.74, 6) is 0.245. The van der Waals surface area contributed by atoms with Gasteiger partial charge in [0.05, 0.1) is 17.1 Å². The second kappa shape index (κ2) is 10.7. The van der Waals surface area contributed by atoms with E-state index in [4.69, 9.17) is 21.3 Å². The lowest BCUT2D eigenvalue weighted by molar-refractivity contribution is 0.0414. The van der Waals surface area contributed by atoms with Crippen molar-refractivity contribution in [3.8, 4) is 0 Å². The van der Waals surface area contributed by atoms with Crippen LogP contribution in [0.1, 0.15) is 65.5 Å². The van der Waals surface area contributed by atoms with Crippen molar-refractivity contribution in [1.82, 2.24) is 19.8 Å². The zero-order chi connectivity index (χ0) is 26.1. The van der Waals surface area contributed by atoms with E-state index in [0.717, 1.165) is 58.6 Å². The van der Waals surface area contributed by atoms with Gasteiger partial charge in [-0.05, 0) is 68.9 Å². The molecule has 0 spiro atoms. The van der Waals surface area contributed by atoms with Gasteiger partial charge in [0, 0.05) is 60.1 Å². The number of benzene rings is 1. The molecule has 2 amide bonds. The van der Waals surface area contributed by atoms with Crippen LogP contribution in [0.2, 0.25) is 5.02 Å². The first-order chi connectivity index (χ1) is 17.9. The highest BCUT2D eigenvalue weighted by Gasteiger charge is 2.32. The highest BCUT2D eigenvalue weighted by molar-refractivity contribution is 6.36. The van der Waals surface area contributed by atoms with Gasteiger partial charge in [0.15, 0.2) is 0 Å². The summed E-state index contributed by atoms with van der Waals surface area (Å²) >= 11 is 6.87. The molecule has 0 radical (unpaired) electrons. The quantitative estimate of drug-likeness (QED) is 0.450. The largest absolute Gasteiger partial charge is 0.449 e. The summed E-state index contributed by atoms with van der Waals surface area (Å²) in [5, 5.41) is 1.61. The second-order valence-corrected chi connectivity index (χ2v) is 10.5. The van der Waals surface area contributed by atoms with Crippen LogP contribution in [-0.4, -0.2) is 64.1 Å². The van der Waals surface area contributed by atoms with E-state index in [1.165, 1.54) is 5.56 Å². The number of carbonyl (C=O) groups excluding carboxylic acids is 2. The van der Waals surface area contributed by atoms with E-state index in [9.17, 15) is 9.59 Å². The van der Waals surface area contributed by atoms with E-state index in [0.29, 0.717) is 37.7 Å². The molecule has 2 atom stereocenters. The number of fused-ring (bicyclic) bond motifs is 2. The van der Waals surface area contributed by atoms with Crippen molar-refractivity contribution in [3.63, 3.8) is 0 Å². The number of nitrogens with zero attached hydrogens (tertiary/aromatic N) is 4. The number of halogens is 1. The topological polar surface area (TPSA) is 75.6 Å². The summed E-state index contributed by atoms with van der Waals surface area (Å²) in [4.78, 5) is 38.9. The lowest BCUT2D eigenvalue weighted by Gasteiger charge is -2.39. The average molecular weight is 521 g/mol. The first kappa shape index (κ1) is 25.5. The van der Waals surface area contributed by atoms with E-state index in [1.807, 2.05) is 49.2 Å². The lowest BCUT2D eigenvalue weighted by Crippen LogP contribution is -2.55. The monoisotopic (exact) mass is 520 g/mol. The number of rotatable bonds is 4. The predicted molar refractivity (Wildman–Crippen MR) is 144 cm³/mol. The maximum atomic E-state index is 13.5. The maximum Gasteiger partial charge on any atom is 0.409 e. The van der Waals surface area contributed by atoms with Crippen molar-refractivity contribution in [3.05, 3.63) is 69.6 Å². The van der Waals surface area contributed by atoms with E-state index in [-0.39, 0.29) is 18.0 Å². The summed E-state index contributed by atoms with van der Waals surface area (Å²) < 4.78 is 5.27. The highest BCUT2D eigenvalue weighted by Crippen LogP contribution is 2.38. The van der Waals surface area contributed by atoms with Gasteiger partial charge >= 0.3 is 6.09 Å². The van der Waals surface area contributed by atoms with Crippen LogP contribution in [0, 0.1) is 6.92 Å². The number of piperazine rings is 1. The fourth-order valence-corrected chi connectivity index (χ4v) is 5.92. The Hall–Kier alpha value is -3.19. The molecule has 2 aliphatic rings. The summed E-state index contributed by atoms with van der Waals surface area (Å²) in [5.41, 5.74) is 5.75. The van der Waals surface area contributed by atoms with E-state index in [1.54, 1.807) is 4.90 Å². The van der Waals surface area contributed by atoms with Gasteiger partial charge in [0.25, 0.3) is 5.91 Å². The van der Waals surface area contributed by atoms with Crippen molar-refractivity contribution in [1.29, 1.82) is 0 Å². The average Bonchev–Trinajstić information content (AvgIpc) is 2.91. The molecule has 1 aliphatic carbocycles. The number of hydrogen-bond acceptors (Lipinski definition) is 5. The van der Waals surface area contributed by atoms with Crippen molar-refractivity contribution in [2.45, 2.75) is 58.4 Å². The minimum atomic E-state index is -0.311. The standard InChI is InChI=1S/C29H33ClN4O3/c1-4-14-37-29(36)33-12-13-34(19(3)17-33)28(35)21-8-10-23-25(16-21)32-24-15-20(7-9-22(24)26(23)30)27-18(2)6-5-11-31-27/h5-6,8,10-11,16,19-20H,4,7,9,12-15,17H2,1-3H3. The number of aryl methyl sites for hydroxylation is 1. The van der Waals surface area contributed by atoms with Gasteiger partial charge in [-0.3, -0.25) is 14.8 Å². The molecule has 0 saturated carbocycles. The summed E-state index contributed by atoms with van der Waals surface area (Å²) in [6, 6.07) is 9.56. The number of amides is 2. The van der Waals surface area contributed by atoms with Crippen LogP contribution in [0.5, 0.6) is 0 Å². The van der Waals surface area contributed by atoms with Gasteiger partial charge in [-0.25, -0.2) is 4.79 Å². The Kier molecular flexibility index (Phi) is 7.33. The third-order valence-electron chi connectivity index (χ3n) is 7.55. The molecule has 37 heavy (non-hydrogen) atoms. The maximum absolute atomic E-state index is 13.5. The highest BCUT2D eigenvalue weighted by atomic mass is 35.5. The number of carbonyl (C=O) groups is 2. The fourth-order valence-electron chi connectivity index (χ4n) is 5.55. The third-order valence-corrected chi connectivity index (χ3v) is 7.98. The Bertz CT molecular complexity index is 1340. The molecule has 8 heteroatoms. The Balaban J connectivity index is 1.37. The van der Waals surface area contributed by atoms with Gasteiger partial charge in [-0.2, -0.15) is 0 Å². The molecule has 0 bridgehead atoms. The Morgan fingerprint density at radius 2 is 2.05 bits per heavy atom. The minimum Gasteiger partial charge on any atom is -0.449 e. The minimum absolute atomic E-state index is 0.0615. The van der Waals surface area contributed by atoms with Crippen LogP contribution in [0.3, 0.4) is 0 Å². The lowest BCUT2D eigenvalue weighted by atomic mass is 9.83.